The lowest BCUT2D eigenvalue weighted by Gasteiger charge is -2.46. The zero-order valence-corrected chi connectivity index (χ0v) is 13.3. The third-order valence-corrected chi connectivity index (χ3v) is 5.46. The van der Waals surface area contributed by atoms with Crippen molar-refractivity contribution < 1.29 is 20.1 Å². The second-order valence-corrected chi connectivity index (χ2v) is 6.97. The molecular formula is C15H17Cl2NO4. The van der Waals surface area contributed by atoms with Gasteiger partial charge in [-0.1, -0.05) is 23.2 Å². The van der Waals surface area contributed by atoms with E-state index in [1.807, 2.05) is 0 Å². The van der Waals surface area contributed by atoms with Gasteiger partial charge in [0.25, 0.3) is 0 Å². The summed E-state index contributed by atoms with van der Waals surface area (Å²) >= 11 is 12.2. The molecule has 1 aromatic carbocycles. The largest absolute Gasteiger partial charge is 0.508 e. The molecule has 7 heteroatoms. The first-order valence-corrected chi connectivity index (χ1v) is 7.90. The molecule has 0 radical (unpaired) electrons. The lowest BCUT2D eigenvalue weighted by Crippen LogP contribution is -2.57. The van der Waals surface area contributed by atoms with Crippen LogP contribution in [0.1, 0.15) is 30.7 Å². The number of amides is 1. The maximum atomic E-state index is 12.2. The Bertz CT molecular complexity index is 616. The van der Waals surface area contributed by atoms with E-state index in [-0.39, 0.29) is 41.7 Å². The Kier molecular flexibility index (Phi) is 4.01. The summed E-state index contributed by atoms with van der Waals surface area (Å²) in [7, 11) is 0. The summed E-state index contributed by atoms with van der Waals surface area (Å²) in [5.41, 5.74) is -0.569. The molecule has 120 valence electrons. The van der Waals surface area contributed by atoms with E-state index in [0.29, 0.717) is 30.0 Å². The fourth-order valence-electron chi connectivity index (χ4n) is 3.39. The number of aromatic hydroxyl groups is 1. The number of nitrogens with zero attached hydrogens (tertiary/aromatic N) is 1. The second-order valence-electron chi connectivity index (χ2n) is 6.19. The van der Waals surface area contributed by atoms with E-state index in [4.69, 9.17) is 28.3 Å². The maximum Gasteiger partial charge on any atom is 0.223 e. The first-order chi connectivity index (χ1) is 10.3. The van der Waals surface area contributed by atoms with E-state index in [1.54, 1.807) is 4.90 Å². The number of hydrogen-bond donors (Lipinski definition) is 3. The van der Waals surface area contributed by atoms with Gasteiger partial charge in [-0.15, -0.1) is 0 Å². The molecule has 3 rings (SSSR count). The Hall–Kier alpha value is -1.01. The van der Waals surface area contributed by atoms with Gasteiger partial charge in [-0.05, 0) is 25.0 Å². The zero-order chi connectivity index (χ0) is 16.1. The molecule has 0 spiro atoms. The Morgan fingerprint density at radius 2 is 2.00 bits per heavy atom. The summed E-state index contributed by atoms with van der Waals surface area (Å²) in [4.78, 5) is 13.9. The van der Waals surface area contributed by atoms with Crippen LogP contribution in [0.2, 0.25) is 10.0 Å². The number of phenols is 1. The first kappa shape index (κ1) is 15.9. The van der Waals surface area contributed by atoms with Gasteiger partial charge in [-0.3, -0.25) is 4.79 Å². The van der Waals surface area contributed by atoms with Gasteiger partial charge in [-0.25, -0.2) is 0 Å². The first-order valence-electron chi connectivity index (χ1n) is 7.14. The number of hydrogen-bond acceptors (Lipinski definition) is 4. The van der Waals surface area contributed by atoms with Crippen molar-refractivity contribution in [2.75, 3.05) is 13.2 Å². The number of halogens is 2. The molecule has 1 atom stereocenters. The second kappa shape index (κ2) is 5.57. The van der Waals surface area contributed by atoms with Crippen LogP contribution in [0.5, 0.6) is 5.75 Å². The van der Waals surface area contributed by atoms with E-state index in [9.17, 15) is 15.0 Å². The zero-order valence-electron chi connectivity index (χ0n) is 11.8. The number of phenolic OH excluding ortho intramolecular Hbond substituents is 1. The molecule has 1 saturated carbocycles. The molecule has 2 fully saturated rings. The summed E-state index contributed by atoms with van der Waals surface area (Å²) in [6, 6.07) is 2.92. The smallest absolute Gasteiger partial charge is 0.223 e. The van der Waals surface area contributed by atoms with Crippen molar-refractivity contribution >= 4 is 29.1 Å². The molecule has 0 unspecified atom stereocenters. The molecule has 1 aromatic rings. The topological polar surface area (TPSA) is 81.0 Å². The van der Waals surface area contributed by atoms with Crippen LogP contribution in [0.15, 0.2) is 12.1 Å². The monoisotopic (exact) mass is 345 g/mol. The molecule has 0 aromatic heterocycles. The van der Waals surface area contributed by atoms with E-state index in [2.05, 4.69) is 0 Å². The van der Waals surface area contributed by atoms with Crippen LogP contribution in [0.4, 0.5) is 0 Å². The van der Waals surface area contributed by atoms with Crippen molar-refractivity contribution in [3.8, 4) is 5.75 Å². The third-order valence-electron chi connectivity index (χ3n) is 4.64. The van der Waals surface area contributed by atoms with Crippen molar-refractivity contribution in [2.24, 2.45) is 0 Å². The van der Waals surface area contributed by atoms with Crippen LogP contribution >= 0.6 is 23.2 Å². The molecule has 1 heterocycles. The van der Waals surface area contributed by atoms with Gasteiger partial charge in [0.1, 0.15) is 5.75 Å². The molecule has 1 saturated heterocycles. The van der Waals surface area contributed by atoms with Crippen molar-refractivity contribution in [2.45, 2.75) is 36.8 Å². The van der Waals surface area contributed by atoms with E-state index >= 15 is 0 Å². The predicted molar refractivity (Wildman–Crippen MR) is 82.3 cm³/mol. The number of aliphatic hydroxyl groups is 2. The fraction of sp³-hybridized carbons (Fsp3) is 0.533. The molecule has 2 aliphatic rings. The van der Waals surface area contributed by atoms with Gasteiger partial charge in [0.05, 0.1) is 22.3 Å². The van der Waals surface area contributed by atoms with Crippen LogP contribution in [-0.2, 0) is 4.79 Å². The molecule has 1 aliphatic heterocycles. The predicted octanol–water partition coefficient (Wildman–Crippen LogP) is 1.90. The van der Waals surface area contributed by atoms with E-state index in [0.717, 1.165) is 0 Å². The number of carbonyl (C=O) groups is 1. The minimum absolute atomic E-state index is 0.0366. The number of carbonyl (C=O) groups excluding carboxylic acids is 1. The van der Waals surface area contributed by atoms with Crippen molar-refractivity contribution in [3.05, 3.63) is 27.7 Å². The van der Waals surface area contributed by atoms with Crippen molar-refractivity contribution in [3.63, 3.8) is 0 Å². The standard InChI is InChI=1S/C15H17Cl2NO4/c16-10-1-2-11(20)13(14(10)17)8-3-12(21)18(6-8)9-4-15(22,5-9)7-19/h1-2,8-9,19-20,22H,3-7H2/t8-,9-,15-/m1/s1. The van der Waals surface area contributed by atoms with Gasteiger partial charge in [0.15, 0.2) is 0 Å². The molecule has 5 nitrogen and oxygen atoms in total. The van der Waals surface area contributed by atoms with E-state index < -0.39 is 5.60 Å². The average molecular weight is 346 g/mol. The van der Waals surface area contributed by atoms with Gasteiger partial charge >= 0.3 is 0 Å². The van der Waals surface area contributed by atoms with Crippen molar-refractivity contribution in [1.82, 2.24) is 4.90 Å². The van der Waals surface area contributed by atoms with Gasteiger partial charge in [0.2, 0.25) is 5.91 Å². The molecule has 1 aliphatic carbocycles. The Morgan fingerprint density at radius 1 is 1.32 bits per heavy atom. The highest BCUT2D eigenvalue weighted by Crippen LogP contribution is 2.44. The van der Waals surface area contributed by atoms with Crippen LogP contribution in [-0.4, -0.2) is 50.9 Å². The van der Waals surface area contributed by atoms with Crippen LogP contribution in [0.3, 0.4) is 0 Å². The quantitative estimate of drug-likeness (QED) is 0.781. The lowest BCUT2D eigenvalue weighted by molar-refractivity contribution is -0.146. The lowest BCUT2D eigenvalue weighted by atomic mass is 9.75. The molecule has 0 bridgehead atoms. The van der Waals surface area contributed by atoms with Crippen molar-refractivity contribution in [1.29, 1.82) is 0 Å². The Balaban J connectivity index is 1.77. The third kappa shape index (κ3) is 2.56. The minimum Gasteiger partial charge on any atom is -0.508 e. The van der Waals surface area contributed by atoms with Gasteiger partial charge < -0.3 is 20.2 Å². The Labute approximate surface area is 138 Å². The van der Waals surface area contributed by atoms with Crippen LogP contribution in [0.25, 0.3) is 0 Å². The average Bonchev–Trinajstić information content (AvgIpc) is 2.81. The summed E-state index contributed by atoms with van der Waals surface area (Å²) in [5, 5.41) is 29.6. The summed E-state index contributed by atoms with van der Waals surface area (Å²) in [5.74, 6) is -0.221. The Morgan fingerprint density at radius 3 is 2.64 bits per heavy atom. The number of benzene rings is 1. The van der Waals surface area contributed by atoms with Crippen LogP contribution in [0, 0.1) is 0 Å². The number of aliphatic hydroxyl groups excluding tert-OH is 1. The molecule has 1 amide bonds. The highest BCUT2D eigenvalue weighted by atomic mass is 35.5. The molecular weight excluding hydrogens is 329 g/mol. The van der Waals surface area contributed by atoms with Gasteiger partial charge in [0, 0.05) is 30.5 Å². The van der Waals surface area contributed by atoms with Crippen LogP contribution < -0.4 is 0 Å². The van der Waals surface area contributed by atoms with E-state index in [1.165, 1.54) is 12.1 Å². The summed E-state index contributed by atoms with van der Waals surface area (Å²) in [6.07, 6.45) is 0.996. The minimum atomic E-state index is -1.07. The maximum absolute atomic E-state index is 12.2. The highest BCUT2D eigenvalue weighted by Gasteiger charge is 2.48. The summed E-state index contributed by atoms with van der Waals surface area (Å²) in [6.45, 7) is 0.133. The number of likely N-dealkylation sites (tertiary alicyclic amines) is 1. The SMILES string of the molecule is O=C1C[C@@H](c2c(O)ccc(Cl)c2Cl)CN1[C@H]1C[C@@](O)(CO)C1. The summed E-state index contributed by atoms with van der Waals surface area (Å²) < 4.78 is 0. The number of rotatable bonds is 3. The normalized spacial score (nSPS) is 31.5. The fourth-order valence-corrected chi connectivity index (χ4v) is 3.87. The molecule has 22 heavy (non-hydrogen) atoms. The van der Waals surface area contributed by atoms with Gasteiger partial charge in [-0.2, -0.15) is 0 Å². The molecule has 3 N–H and O–H groups in total. The highest BCUT2D eigenvalue weighted by molar-refractivity contribution is 6.42.